The highest BCUT2D eigenvalue weighted by Gasteiger charge is 2.29. The molecule has 11 nitrogen and oxygen atoms in total. The molecule has 4 aromatic heterocycles. The van der Waals surface area contributed by atoms with Gasteiger partial charge in [-0.05, 0) is 25.0 Å². The Labute approximate surface area is 189 Å². The summed E-state index contributed by atoms with van der Waals surface area (Å²) in [5.74, 6) is 1.92. The van der Waals surface area contributed by atoms with Crippen molar-refractivity contribution >= 4 is 5.65 Å². The highest BCUT2D eigenvalue weighted by Crippen LogP contribution is 2.29. The zero-order chi connectivity index (χ0) is 22.4. The van der Waals surface area contributed by atoms with E-state index in [0.717, 1.165) is 44.1 Å². The molecule has 0 aliphatic carbocycles. The third-order valence-corrected chi connectivity index (χ3v) is 6.03. The Kier molecular flexibility index (Phi) is 4.92. The molecule has 1 saturated heterocycles. The zero-order valence-corrected chi connectivity index (χ0v) is 18.4. The standard InChI is InChI=1S/C22H23N7O4/c1-13-7-17(27-33-13)21-25-24-20-8-19(30-2)22(26-29(20)21)32-11-15-4-3-14-9-28(10-18(14)23-15)16-5-6-31-12-16/h3-4,7-8,16H,5-6,9-12H2,1-2H3. The number of fused-ring (bicyclic) bond motifs is 2. The van der Waals surface area contributed by atoms with Crippen molar-refractivity contribution in [2.45, 2.75) is 39.1 Å². The smallest absolute Gasteiger partial charge is 0.275 e. The van der Waals surface area contributed by atoms with E-state index in [1.54, 1.807) is 23.8 Å². The monoisotopic (exact) mass is 449 g/mol. The first kappa shape index (κ1) is 20.1. The molecular formula is C22H23N7O4. The maximum Gasteiger partial charge on any atom is 0.275 e. The maximum atomic E-state index is 6.02. The zero-order valence-electron chi connectivity index (χ0n) is 18.4. The van der Waals surface area contributed by atoms with E-state index >= 15 is 0 Å². The van der Waals surface area contributed by atoms with Gasteiger partial charge in [0.15, 0.2) is 17.1 Å². The minimum atomic E-state index is 0.259. The number of pyridine rings is 1. The van der Waals surface area contributed by atoms with Gasteiger partial charge in [0.05, 0.1) is 25.1 Å². The number of ether oxygens (including phenoxy) is 3. The van der Waals surface area contributed by atoms with Crippen LogP contribution in [-0.2, 0) is 24.4 Å². The van der Waals surface area contributed by atoms with Crippen molar-refractivity contribution in [1.82, 2.24) is 34.9 Å². The second-order valence-electron chi connectivity index (χ2n) is 8.25. The average Bonchev–Trinajstić information content (AvgIpc) is 3.62. The van der Waals surface area contributed by atoms with Gasteiger partial charge in [-0.3, -0.25) is 9.88 Å². The van der Waals surface area contributed by atoms with Crippen LogP contribution >= 0.6 is 0 Å². The molecule has 6 heterocycles. The summed E-state index contributed by atoms with van der Waals surface area (Å²) in [7, 11) is 1.56. The van der Waals surface area contributed by atoms with Crippen LogP contribution in [0.25, 0.3) is 17.2 Å². The predicted octanol–water partition coefficient (Wildman–Crippen LogP) is 2.17. The van der Waals surface area contributed by atoms with Crippen molar-refractivity contribution in [3.63, 3.8) is 0 Å². The van der Waals surface area contributed by atoms with Crippen LogP contribution in [0, 0.1) is 6.92 Å². The minimum absolute atomic E-state index is 0.259. The molecule has 11 heteroatoms. The second-order valence-corrected chi connectivity index (χ2v) is 8.25. The highest BCUT2D eigenvalue weighted by molar-refractivity contribution is 5.56. The Hall–Kier alpha value is -3.57. The lowest BCUT2D eigenvalue weighted by Gasteiger charge is -2.20. The van der Waals surface area contributed by atoms with Crippen LogP contribution in [0.15, 0.2) is 28.8 Å². The third-order valence-electron chi connectivity index (χ3n) is 6.03. The van der Waals surface area contributed by atoms with Crippen LogP contribution in [0.2, 0.25) is 0 Å². The van der Waals surface area contributed by atoms with Crippen LogP contribution < -0.4 is 9.47 Å². The Bertz CT molecular complexity index is 1310. The van der Waals surface area contributed by atoms with E-state index < -0.39 is 0 Å². The molecule has 0 spiro atoms. The molecule has 0 aromatic carbocycles. The second kappa shape index (κ2) is 8.09. The fourth-order valence-electron chi connectivity index (χ4n) is 4.29. The average molecular weight is 449 g/mol. The summed E-state index contributed by atoms with van der Waals surface area (Å²) in [4.78, 5) is 7.27. The Morgan fingerprint density at radius 3 is 2.91 bits per heavy atom. The molecule has 1 atom stereocenters. The summed E-state index contributed by atoms with van der Waals surface area (Å²) in [6.45, 7) is 5.47. The van der Waals surface area contributed by atoms with Gasteiger partial charge in [0.25, 0.3) is 5.88 Å². The van der Waals surface area contributed by atoms with E-state index in [1.807, 2.05) is 13.0 Å². The van der Waals surface area contributed by atoms with Gasteiger partial charge >= 0.3 is 0 Å². The first-order valence-corrected chi connectivity index (χ1v) is 10.8. The van der Waals surface area contributed by atoms with Gasteiger partial charge in [0, 0.05) is 37.9 Å². The normalized spacial score (nSPS) is 18.2. The summed E-state index contributed by atoms with van der Waals surface area (Å²) in [6, 6.07) is 8.11. The van der Waals surface area contributed by atoms with Crippen molar-refractivity contribution in [1.29, 1.82) is 0 Å². The van der Waals surface area contributed by atoms with E-state index in [0.29, 0.717) is 40.6 Å². The Morgan fingerprint density at radius 2 is 2.12 bits per heavy atom. The highest BCUT2D eigenvalue weighted by atomic mass is 16.5. The number of nitrogens with zero attached hydrogens (tertiary/aromatic N) is 7. The lowest BCUT2D eigenvalue weighted by atomic mass is 10.2. The van der Waals surface area contributed by atoms with Gasteiger partial charge < -0.3 is 18.7 Å². The van der Waals surface area contributed by atoms with E-state index in [1.165, 1.54) is 5.56 Å². The van der Waals surface area contributed by atoms with Crippen molar-refractivity contribution < 1.29 is 18.7 Å². The van der Waals surface area contributed by atoms with Crippen molar-refractivity contribution in [2.24, 2.45) is 0 Å². The number of hydrogen-bond donors (Lipinski definition) is 0. The van der Waals surface area contributed by atoms with Crippen LogP contribution in [0.4, 0.5) is 0 Å². The molecule has 0 saturated carbocycles. The van der Waals surface area contributed by atoms with Crippen LogP contribution in [0.3, 0.4) is 0 Å². The number of methoxy groups -OCH3 is 1. The minimum Gasteiger partial charge on any atom is -0.491 e. The third kappa shape index (κ3) is 3.68. The quantitative estimate of drug-likeness (QED) is 0.434. The molecule has 0 amide bonds. The van der Waals surface area contributed by atoms with Crippen LogP contribution in [0.1, 0.15) is 29.1 Å². The molecule has 0 N–H and O–H groups in total. The molecule has 33 heavy (non-hydrogen) atoms. The molecule has 1 fully saturated rings. The molecule has 0 radical (unpaired) electrons. The first-order chi connectivity index (χ1) is 16.2. The summed E-state index contributed by atoms with van der Waals surface area (Å²) in [6.07, 6.45) is 1.08. The Balaban J connectivity index is 1.23. The molecule has 4 aromatic rings. The molecule has 170 valence electrons. The lowest BCUT2D eigenvalue weighted by molar-refractivity contribution is 0.143. The summed E-state index contributed by atoms with van der Waals surface area (Å²) < 4.78 is 23.8. The van der Waals surface area contributed by atoms with Gasteiger partial charge in [0.2, 0.25) is 5.82 Å². The number of rotatable bonds is 6. The van der Waals surface area contributed by atoms with E-state index in [4.69, 9.17) is 23.7 Å². The topological polar surface area (TPSA) is 113 Å². The fourth-order valence-corrected chi connectivity index (χ4v) is 4.29. The van der Waals surface area contributed by atoms with Crippen LogP contribution in [0.5, 0.6) is 11.6 Å². The van der Waals surface area contributed by atoms with Gasteiger partial charge in [-0.15, -0.1) is 15.3 Å². The van der Waals surface area contributed by atoms with Gasteiger partial charge in [-0.25, -0.2) is 0 Å². The number of aromatic nitrogens is 6. The molecule has 2 aliphatic rings. The van der Waals surface area contributed by atoms with E-state index in [2.05, 4.69) is 31.4 Å². The van der Waals surface area contributed by atoms with E-state index in [-0.39, 0.29) is 6.61 Å². The largest absolute Gasteiger partial charge is 0.491 e. The van der Waals surface area contributed by atoms with Crippen molar-refractivity contribution in [3.05, 3.63) is 47.0 Å². The molecule has 0 bridgehead atoms. The first-order valence-electron chi connectivity index (χ1n) is 10.8. The Morgan fingerprint density at radius 1 is 1.18 bits per heavy atom. The SMILES string of the molecule is COc1cc2nnc(-c3cc(C)on3)n2nc1OCc1ccc2c(n1)CN(C1CCOC1)C2. The lowest BCUT2D eigenvalue weighted by Crippen LogP contribution is -2.30. The van der Waals surface area contributed by atoms with Crippen molar-refractivity contribution in [3.8, 4) is 23.1 Å². The predicted molar refractivity (Wildman–Crippen MR) is 115 cm³/mol. The van der Waals surface area contributed by atoms with E-state index in [9.17, 15) is 0 Å². The molecular weight excluding hydrogens is 426 g/mol. The molecule has 6 rings (SSSR count). The van der Waals surface area contributed by atoms with Gasteiger partial charge in [-0.1, -0.05) is 11.2 Å². The summed E-state index contributed by atoms with van der Waals surface area (Å²) >= 11 is 0. The number of aryl methyl sites for hydroxylation is 1. The molecule has 1 unspecified atom stereocenters. The van der Waals surface area contributed by atoms with Crippen LogP contribution in [-0.4, -0.2) is 61.2 Å². The van der Waals surface area contributed by atoms with Crippen molar-refractivity contribution in [2.75, 3.05) is 20.3 Å². The number of hydrogen-bond acceptors (Lipinski definition) is 10. The van der Waals surface area contributed by atoms with Gasteiger partial charge in [0.1, 0.15) is 12.4 Å². The maximum absolute atomic E-state index is 6.02. The summed E-state index contributed by atoms with van der Waals surface area (Å²) in [5.41, 5.74) is 4.25. The fraction of sp³-hybridized carbons (Fsp3) is 0.409. The summed E-state index contributed by atoms with van der Waals surface area (Å²) in [5, 5.41) is 16.9. The molecule has 2 aliphatic heterocycles. The van der Waals surface area contributed by atoms with Gasteiger partial charge in [-0.2, -0.15) is 4.52 Å².